The minimum Gasteiger partial charge on any atom is -0.502 e. The van der Waals surface area contributed by atoms with E-state index in [2.05, 4.69) is 0 Å². The molecule has 16 heavy (non-hydrogen) atoms. The minimum atomic E-state index is -1.52. The average molecular weight is 226 g/mol. The molecule has 0 saturated carbocycles. The number of methoxy groups -OCH3 is 2. The molecule has 1 aromatic carbocycles. The molecule has 88 valence electrons. The highest BCUT2D eigenvalue weighted by Crippen LogP contribution is 2.37. The maximum Gasteiger partial charge on any atom is 0.200 e. The van der Waals surface area contributed by atoms with Crippen molar-refractivity contribution in [3.63, 3.8) is 0 Å². The number of rotatable bonds is 4. The van der Waals surface area contributed by atoms with E-state index >= 15 is 0 Å². The number of aromatic hydroxyl groups is 1. The highest BCUT2D eigenvalue weighted by Gasteiger charge is 2.09. The third-order valence-electron chi connectivity index (χ3n) is 1.96. The molecule has 0 bridgehead atoms. The van der Waals surface area contributed by atoms with Crippen molar-refractivity contribution < 1.29 is 24.8 Å². The molecule has 0 aliphatic carbocycles. The van der Waals surface area contributed by atoms with Gasteiger partial charge in [-0.2, -0.15) is 0 Å². The summed E-state index contributed by atoms with van der Waals surface area (Å²) >= 11 is 0. The van der Waals surface area contributed by atoms with Gasteiger partial charge in [-0.1, -0.05) is 6.08 Å². The fourth-order valence-electron chi connectivity index (χ4n) is 1.21. The van der Waals surface area contributed by atoms with E-state index in [1.54, 1.807) is 12.1 Å². The molecule has 0 aromatic heterocycles. The maximum absolute atomic E-state index is 9.62. The van der Waals surface area contributed by atoms with E-state index in [9.17, 15) is 5.11 Å². The van der Waals surface area contributed by atoms with E-state index < -0.39 is 6.29 Å². The van der Waals surface area contributed by atoms with Crippen molar-refractivity contribution >= 4 is 6.08 Å². The van der Waals surface area contributed by atoms with Gasteiger partial charge in [0.25, 0.3) is 0 Å². The molecule has 0 aliphatic heterocycles. The summed E-state index contributed by atoms with van der Waals surface area (Å²) in [6.07, 6.45) is 1.14. The van der Waals surface area contributed by atoms with Crippen LogP contribution in [0.1, 0.15) is 5.56 Å². The standard InChI is InChI=1S/C11H14O5/c1-15-8-5-7(3-4-10(12)13)6-9(16-2)11(8)14/h3-6,10,12-14H,1-2H3. The monoisotopic (exact) mass is 226 g/mol. The van der Waals surface area contributed by atoms with Crippen LogP contribution in [0.25, 0.3) is 6.08 Å². The van der Waals surface area contributed by atoms with Crippen LogP contribution in [0.3, 0.4) is 0 Å². The van der Waals surface area contributed by atoms with Gasteiger partial charge in [0.15, 0.2) is 17.8 Å². The van der Waals surface area contributed by atoms with Crippen molar-refractivity contribution in [3.8, 4) is 17.2 Å². The Kier molecular flexibility index (Phi) is 4.16. The molecule has 1 aromatic rings. The van der Waals surface area contributed by atoms with Gasteiger partial charge in [-0.05, 0) is 23.8 Å². The minimum absolute atomic E-state index is 0.0910. The smallest absolute Gasteiger partial charge is 0.200 e. The number of phenolic OH excluding ortho intramolecular Hbond substituents is 1. The van der Waals surface area contributed by atoms with Crippen LogP contribution in [0.4, 0.5) is 0 Å². The van der Waals surface area contributed by atoms with E-state index in [4.69, 9.17) is 19.7 Å². The summed E-state index contributed by atoms with van der Waals surface area (Å²) in [7, 11) is 2.84. The first kappa shape index (κ1) is 12.4. The lowest BCUT2D eigenvalue weighted by Crippen LogP contribution is -1.97. The molecule has 5 nitrogen and oxygen atoms in total. The summed E-state index contributed by atoms with van der Waals surface area (Å²) in [6.45, 7) is 0. The highest BCUT2D eigenvalue weighted by atomic mass is 16.5. The number of hydrogen-bond acceptors (Lipinski definition) is 5. The molecule has 0 amide bonds. The Hall–Kier alpha value is -1.72. The van der Waals surface area contributed by atoms with Gasteiger partial charge in [-0.3, -0.25) is 0 Å². The van der Waals surface area contributed by atoms with Gasteiger partial charge in [0.2, 0.25) is 5.75 Å². The zero-order chi connectivity index (χ0) is 12.1. The second-order valence-corrected chi connectivity index (χ2v) is 3.05. The van der Waals surface area contributed by atoms with Crippen LogP contribution in [0.2, 0.25) is 0 Å². The summed E-state index contributed by atoms with van der Waals surface area (Å²) in [5.74, 6) is 0.421. The molecule has 0 spiro atoms. The van der Waals surface area contributed by atoms with E-state index in [1.165, 1.54) is 26.4 Å². The molecule has 0 atom stereocenters. The van der Waals surface area contributed by atoms with Crippen LogP contribution in [-0.2, 0) is 0 Å². The second-order valence-electron chi connectivity index (χ2n) is 3.05. The van der Waals surface area contributed by atoms with Gasteiger partial charge < -0.3 is 24.8 Å². The topological polar surface area (TPSA) is 79.2 Å². The summed E-state index contributed by atoms with van der Waals surface area (Å²) < 4.78 is 9.89. The third kappa shape index (κ3) is 2.88. The first-order chi connectivity index (χ1) is 7.58. The highest BCUT2D eigenvalue weighted by molar-refractivity contribution is 5.61. The van der Waals surface area contributed by atoms with Crippen molar-refractivity contribution in [1.82, 2.24) is 0 Å². The zero-order valence-electron chi connectivity index (χ0n) is 9.04. The van der Waals surface area contributed by atoms with Gasteiger partial charge in [0.05, 0.1) is 14.2 Å². The van der Waals surface area contributed by atoms with Gasteiger partial charge in [0, 0.05) is 0 Å². The van der Waals surface area contributed by atoms with E-state index in [0.29, 0.717) is 5.56 Å². The van der Waals surface area contributed by atoms with E-state index in [-0.39, 0.29) is 17.2 Å². The van der Waals surface area contributed by atoms with E-state index in [0.717, 1.165) is 0 Å². The Morgan fingerprint density at radius 2 is 1.62 bits per heavy atom. The first-order valence-electron chi connectivity index (χ1n) is 4.57. The van der Waals surface area contributed by atoms with Crippen LogP contribution in [0.5, 0.6) is 17.2 Å². The van der Waals surface area contributed by atoms with Gasteiger partial charge in [-0.15, -0.1) is 0 Å². The molecule has 0 saturated heterocycles. The zero-order valence-corrected chi connectivity index (χ0v) is 9.04. The molecule has 0 unspecified atom stereocenters. The van der Waals surface area contributed by atoms with E-state index in [1.807, 2.05) is 0 Å². The lowest BCUT2D eigenvalue weighted by molar-refractivity contribution is 0.00303. The molecule has 0 radical (unpaired) electrons. The molecular formula is C11H14O5. The van der Waals surface area contributed by atoms with Crippen molar-refractivity contribution in [1.29, 1.82) is 0 Å². The number of benzene rings is 1. The first-order valence-corrected chi connectivity index (χ1v) is 4.57. The molecule has 3 N–H and O–H groups in total. The van der Waals surface area contributed by atoms with Crippen molar-refractivity contribution in [2.75, 3.05) is 14.2 Å². The number of aliphatic hydroxyl groups is 2. The molecule has 0 aliphatic rings. The van der Waals surface area contributed by atoms with Crippen molar-refractivity contribution in [3.05, 3.63) is 23.8 Å². The third-order valence-corrected chi connectivity index (χ3v) is 1.96. The van der Waals surface area contributed by atoms with Crippen LogP contribution in [0, 0.1) is 0 Å². The predicted octanol–water partition coefficient (Wildman–Crippen LogP) is 0.733. The number of hydrogen-bond donors (Lipinski definition) is 3. The largest absolute Gasteiger partial charge is 0.502 e. The van der Waals surface area contributed by atoms with Crippen LogP contribution >= 0.6 is 0 Å². The number of aliphatic hydroxyl groups excluding tert-OH is 1. The fraction of sp³-hybridized carbons (Fsp3) is 0.273. The summed E-state index contributed by atoms with van der Waals surface area (Å²) in [5.41, 5.74) is 0.625. The summed E-state index contributed by atoms with van der Waals surface area (Å²) in [6, 6.07) is 3.10. The lowest BCUT2D eigenvalue weighted by atomic mass is 10.1. The van der Waals surface area contributed by atoms with Gasteiger partial charge in [-0.25, -0.2) is 0 Å². The van der Waals surface area contributed by atoms with Crippen LogP contribution in [-0.4, -0.2) is 35.8 Å². The number of phenols is 1. The SMILES string of the molecule is COc1cc(C=CC(O)O)cc(OC)c1O. The number of ether oxygens (including phenoxy) is 2. The predicted molar refractivity (Wildman–Crippen MR) is 58.5 cm³/mol. The Morgan fingerprint density at radius 3 is 2.00 bits per heavy atom. The Bertz CT molecular complexity index is 359. The maximum atomic E-state index is 9.62. The summed E-state index contributed by atoms with van der Waals surface area (Å²) in [4.78, 5) is 0. The molecule has 1 rings (SSSR count). The Labute approximate surface area is 93.2 Å². The second kappa shape index (κ2) is 5.39. The van der Waals surface area contributed by atoms with Crippen LogP contribution in [0.15, 0.2) is 18.2 Å². The van der Waals surface area contributed by atoms with Gasteiger partial charge >= 0.3 is 0 Å². The van der Waals surface area contributed by atoms with Crippen molar-refractivity contribution in [2.24, 2.45) is 0 Å². The molecule has 5 heteroatoms. The summed E-state index contributed by atoms with van der Waals surface area (Å²) in [5, 5.41) is 27.0. The molecule has 0 fully saturated rings. The average Bonchev–Trinajstić information content (AvgIpc) is 2.27. The van der Waals surface area contributed by atoms with Crippen molar-refractivity contribution in [2.45, 2.75) is 6.29 Å². The van der Waals surface area contributed by atoms with Crippen LogP contribution < -0.4 is 9.47 Å². The van der Waals surface area contributed by atoms with Gasteiger partial charge in [0.1, 0.15) is 0 Å². The normalized spacial score (nSPS) is 11.1. The quantitative estimate of drug-likeness (QED) is 0.660. The molecule has 0 heterocycles. The molecular weight excluding hydrogens is 212 g/mol. The lowest BCUT2D eigenvalue weighted by Gasteiger charge is -2.09. The fourth-order valence-corrected chi connectivity index (χ4v) is 1.21. The Morgan fingerprint density at radius 1 is 1.12 bits per heavy atom. The Balaban J connectivity index is 3.12.